The summed E-state index contributed by atoms with van der Waals surface area (Å²) >= 11 is 0. The first-order chi connectivity index (χ1) is 11.1. The molecule has 2 aromatic rings. The Kier molecular flexibility index (Phi) is 7.13. The van der Waals surface area contributed by atoms with Crippen molar-refractivity contribution in [2.24, 2.45) is 0 Å². The van der Waals surface area contributed by atoms with E-state index in [0.29, 0.717) is 34.3 Å². The molecule has 130 valence electrons. The Balaban J connectivity index is 0.00000288. The van der Waals surface area contributed by atoms with Gasteiger partial charge in [0, 0.05) is 7.05 Å². The summed E-state index contributed by atoms with van der Waals surface area (Å²) in [6, 6.07) is 6.79. The van der Waals surface area contributed by atoms with Gasteiger partial charge in [-0.2, -0.15) is 0 Å². The van der Waals surface area contributed by atoms with Crippen molar-refractivity contribution in [2.75, 3.05) is 39.0 Å². The highest BCUT2D eigenvalue weighted by molar-refractivity contribution is 6.07. The second-order valence-electron chi connectivity index (χ2n) is 4.52. The number of rotatable bonds is 6. The van der Waals surface area contributed by atoms with Gasteiger partial charge in [-0.1, -0.05) is 0 Å². The number of anilines is 2. The number of carbonyl (C=O) groups is 1. The molecule has 0 atom stereocenters. The fourth-order valence-electron chi connectivity index (χ4n) is 2.09. The van der Waals surface area contributed by atoms with Gasteiger partial charge in [-0.3, -0.25) is 4.79 Å². The number of methoxy groups -OCH3 is 3. The van der Waals surface area contributed by atoms with Crippen LogP contribution in [0.15, 0.2) is 30.5 Å². The highest BCUT2D eigenvalue weighted by Gasteiger charge is 2.20. The molecule has 0 aliphatic carbocycles. The molecule has 0 aliphatic heterocycles. The van der Waals surface area contributed by atoms with E-state index in [9.17, 15) is 4.79 Å². The van der Waals surface area contributed by atoms with Gasteiger partial charge >= 0.3 is 0 Å². The normalized spacial score (nSPS) is 9.50. The van der Waals surface area contributed by atoms with Crippen LogP contribution in [0.1, 0.15) is 10.4 Å². The molecular formula is C16H20ClN3O4. The maximum Gasteiger partial charge on any atom is 0.259 e. The van der Waals surface area contributed by atoms with Crippen molar-refractivity contribution >= 4 is 29.8 Å². The molecular weight excluding hydrogens is 334 g/mol. The zero-order chi connectivity index (χ0) is 16.8. The molecule has 0 saturated heterocycles. The zero-order valence-corrected chi connectivity index (χ0v) is 14.7. The van der Waals surface area contributed by atoms with E-state index in [1.807, 2.05) is 0 Å². The summed E-state index contributed by atoms with van der Waals surface area (Å²) in [5, 5.41) is 5.68. The number of carbonyl (C=O) groups excluding carboxylic acids is 1. The van der Waals surface area contributed by atoms with Crippen LogP contribution >= 0.6 is 12.4 Å². The van der Waals surface area contributed by atoms with Gasteiger partial charge in [0.25, 0.3) is 5.91 Å². The third kappa shape index (κ3) is 3.99. The van der Waals surface area contributed by atoms with Crippen LogP contribution in [0.5, 0.6) is 17.2 Å². The van der Waals surface area contributed by atoms with Gasteiger partial charge in [0.15, 0.2) is 11.5 Å². The summed E-state index contributed by atoms with van der Waals surface area (Å²) in [5.41, 5.74) is 0.911. The summed E-state index contributed by atoms with van der Waals surface area (Å²) in [4.78, 5) is 16.6. The minimum absolute atomic E-state index is 0. The standard InChI is InChI=1S/C16H19N3O4.ClH/c1-17-13-8-5-10(9-18-13)19-16(20)11-6-7-12(21-2)15(23-4)14(11)22-3;/h5-9H,1-4H3,(H,17,18)(H,19,20);1H. The summed E-state index contributed by atoms with van der Waals surface area (Å²) in [5.74, 6) is 1.55. The summed E-state index contributed by atoms with van der Waals surface area (Å²) in [6.45, 7) is 0. The largest absolute Gasteiger partial charge is 0.493 e. The van der Waals surface area contributed by atoms with Crippen molar-refractivity contribution in [2.45, 2.75) is 0 Å². The van der Waals surface area contributed by atoms with Crippen molar-refractivity contribution < 1.29 is 19.0 Å². The van der Waals surface area contributed by atoms with Crippen molar-refractivity contribution in [3.8, 4) is 17.2 Å². The molecule has 0 spiro atoms. The van der Waals surface area contributed by atoms with Gasteiger partial charge in [-0.25, -0.2) is 4.98 Å². The van der Waals surface area contributed by atoms with Gasteiger partial charge in [0.2, 0.25) is 5.75 Å². The zero-order valence-electron chi connectivity index (χ0n) is 13.9. The molecule has 2 N–H and O–H groups in total. The predicted molar refractivity (Wildman–Crippen MR) is 95.1 cm³/mol. The van der Waals surface area contributed by atoms with E-state index >= 15 is 0 Å². The number of hydrogen-bond donors (Lipinski definition) is 2. The Morgan fingerprint density at radius 2 is 1.71 bits per heavy atom. The molecule has 0 fully saturated rings. The van der Waals surface area contributed by atoms with Gasteiger partial charge in [0.05, 0.1) is 38.8 Å². The number of nitrogens with zero attached hydrogens (tertiary/aromatic N) is 1. The van der Waals surface area contributed by atoms with Crippen molar-refractivity contribution in [3.63, 3.8) is 0 Å². The molecule has 0 aliphatic rings. The molecule has 8 heteroatoms. The lowest BCUT2D eigenvalue weighted by molar-refractivity contribution is 0.102. The van der Waals surface area contributed by atoms with Crippen LogP contribution in [0.3, 0.4) is 0 Å². The maximum atomic E-state index is 12.5. The first kappa shape index (κ1) is 19.4. The molecule has 1 heterocycles. The van der Waals surface area contributed by atoms with E-state index in [4.69, 9.17) is 14.2 Å². The number of nitrogens with one attached hydrogen (secondary N) is 2. The molecule has 0 unspecified atom stereocenters. The first-order valence-corrected chi connectivity index (χ1v) is 6.88. The van der Waals surface area contributed by atoms with E-state index in [2.05, 4.69) is 15.6 Å². The second-order valence-corrected chi connectivity index (χ2v) is 4.52. The monoisotopic (exact) mass is 353 g/mol. The van der Waals surface area contributed by atoms with Gasteiger partial charge in [0.1, 0.15) is 5.82 Å². The number of ether oxygens (including phenoxy) is 3. The fraction of sp³-hybridized carbons (Fsp3) is 0.250. The highest BCUT2D eigenvalue weighted by Crippen LogP contribution is 2.39. The lowest BCUT2D eigenvalue weighted by Gasteiger charge is -2.15. The molecule has 2 rings (SSSR count). The van der Waals surface area contributed by atoms with E-state index in [0.717, 1.165) is 0 Å². The average Bonchev–Trinajstić information content (AvgIpc) is 2.60. The highest BCUT2D eigenvalue weighted by atomic mass is 35.5. The van der Waals surface area contributed by atoms with Crippen LogP contribution in [-0.4, -0.2) is 39.3 Å². The van der Waals surface area contributed by atoms with Gasteiger partial charge in [-0.15, -0.1) is 12.4 Å². The van der Waals surface area contributed by atoms with Crippen molar-refractivity contribution in [3.05, 3.63) is 36.0 Å². The van der Waals surface area contributed by atoms with E-state index < -0.39 is 0 Å². The first-order valence-electron chi connectivity index (χ1n) is 6.88. The smallest absolute Gasteiger partial charge is 0.259 e. The van der Waals surface area contributed by atoms with Crippen molar-refractivity contribution in [1.82, 2.24) is 4.98 Å². The maximum absolute atomic E-state index is 12.5. The number of pyridine rings is 1. The topological polar surface area (TPSA) is 81.7 Å². The lowest BCUT2D eigenvalue weighted by Crippen LogP contribution is -2.14. The minimum atomic E-state index is -0.332. The summed E-state index contributed by atoms with van der Waals surface area (Å²) < 4.78 is 15.8. The molecule has 1 aromatic heterocycles. The molecule has 0 radical (unpaired) electrons. The molecule has 0 bridgehead atoms. The third-order valence-electron chi connectivity index (χ3n) is 3.23. The van der Waals surface area contributed by atoms with Crippen molar-refractivity contribution in [1.29, 1.82) is 0 Å². The van der Waals surface area contributed by atoms with Crippen LogP contribution in [0.2, 0.25) is 0 Å². The number of aromatic nitrogens is 1. The Labute approximate surface area is 146 Å². The van der Waals surface area contributed by atoms with Crippen LogP contribution < -0.4 is 24.8 Å². The predicted octanol–water partition coefficient (Wildman–Crippen LogP) is 2.82. The lowest BCUT2D eigenvalue weighted by atomic mass is 10.1. The molecule has 0 saturated carbocycles. The Bertz CT molecular complexity index is 692. The van der Waals surface area contributed by atoms with Crippen LogP contribution in [0.25, 0.3) is 0 Å². The van der Waals surface area contributed by atoms with Gasteiger partial charge < -0.3 is 24.8 Å². The average molecular weight is 354 g/mol. The quantitative estimate of drug-likeness (QED) is 0.831. The number of halogens is 1. The van der Waals surface area contributed by atoms with Crippen LogP contribution in [0, 0.1) is 0 Å². The van der Waals surface area contributed by atoms with E-state index in [1.165, 1.54) is 21.3 Å². The summed E-state index contributed by atoms with van der Waals surface area (Å²) in [7, 11) is 6.25. The summed E-state index contributed by atoms with van der Waals surface area (Å²) in [6.07, 6.45) is 1.57. The fourth-order valence-corrected chi connectivity index (χ4v) is 2.09. The van der Waals surface area contributed by atoms with Crippen LogP contribution in [-0.2, 0) is 0 Å². The van der Waals surface area contributed by atoms with Gasteiger partial charge in [-0.05, 0) is 24.3 Å². The number of amides is 1. The second kappa shape index (κ2) is 8.83. The minimum Gasteiger partial charge on any atom is -0.493 e. The SMILES string of the molecule is CNc1ccc(NC(=O)c2ccc(OC)c(OC)c2OC)cn1.Cl. The Morgan fingerprint density at radius 1 is 1.00 bits per heavy atom. The Hall–Kier alpha value is -2.67. The van der Waals surface area contributed by atoms with E-state index in [-0.39, 0.29) is 18.3 Å². The number of hydrogen-bond acceptors (Lipinski definition) is 6. The molecule has 1 aromatic carbocycles. The van der Waals surface area contributed by atoms with Crippen LogP contribution in [0.4, 0.5) is 11.5 Å². The molecule has 24 heavy (non-hydrogen) atoms. The third-order valence-corrected chi connectivity index (χ3v) is 3.23. The molecule has 7 nitrogen and oxygen atoms in total. The Morgan fingerprint density at radius 3 is 2.21 bits per heavy atom. The number of benzene rings is 1. The van der Waals surface area contributed by atoms with E-state index in [1.54, 1.807) is 37.5 Å². The molecule has 1 amide bonds.